The van der Waals surface area contributed by atoms with Crippen molar-refractivity contribution >= 4 is 27.5 Å². The standard InChI is InChI=1S/C23H23N3O3/c1-13-16-11-20(28-3)21(29-4)12-17(16)18(23(27)25-13)10-15-9-14-7-5-6-8-19(14)26-22(15)24-2/h5-9,11-12H,10H2,1-4H3,(H,24,26)(H,25,27). The number of nitrogens with zero attached hydrogens (tertiary/aromatic N) is 2. The van der Waals surface area contributed by atoms with E-state index in [1.54, 1.807) is 14.2 Å². The second-order valence-electron chi connectivity index (χ2n) is 6.87. The summed E-state index contributed by atoms with van der Waals surface area (Å²) in [6.07, 6.45) is 0.471. The van der Waals surface area contributed by atoms with Gasteiger partial charge >= 0.3 is 0 Å². The van der Waals surface area contributed by atoms with Gasteiger partial charge in [0.05, 0.1) is 19.7 Å². The second-order valence-corrected chi connectivity index (χ2v) is 6.87. The highest BCUT2D eigenvalue weighted by molar-refractivity contribution is 5.92. The van der Waals surface area contributed by atoms with E-state index in [9.17, 15) is 5.11 Å². The third kappa shape index (κ3) is 3.27. The van der Waals surface area contributed by atoms with Gasteiger partial charge in [0.25, 0.3) is 0 Å². The Kier molecular flexibility index (Phi) is 4.84. The molecule has 0 saturated carbocycles. The molecular weight excluding hydrogens is 366 g/mol. The van der Waals surface area contributed by atoms with Crippen molar-refractivity contribution in [1.82, 2.24) is 9.97 Å². The maximum atomic E-state index is 10.7. The van der Waals surface area contributed by atoms with Crippen molar-refractivity contribution in [2.45, 2.75) is 13.3 Å². The number of hydrogen-bond acceptors (Lipinski definition) is 6. The van der Waals surface area contributed by atoms with Crippen molar-refractivity contribution in [3.05, 3.63) is 59.3 Å². The van der Waals surface area contributed by atoms with Crippen molar-refractivity contribution in [3.63, 3.8) is 0 Å². The number of ether oxygens (including phenoxy) is 2. The molecule has 0 unspecified atom stereocenters. The number of anilines is 1. The molecule has 29 heavy (non-hydrogen) atoms. The lowest BCUT2D eigenvalue weighted by Gasteiger charge is -2.16. The molecule has 6 nitrogen and oxygen atoms in total. The molecule has 0 bridgehead atoms. The minimum atomic E-state index is 0.0115. The first-order valence-electron chi connectivity index (χ1n) is 9.36. The zero-order chi connectivity index (χ0) is 20.5. The minimum Gasteiger partial charge on any atom is -0.493 e. The van der Waals surface area contributed by atoms with Gasteiger partial charge in [0, 0.05) is 35.5 Å². The lowest BCUT2D eigenvalue weighted by atomic mass is 9.97. The van der Waals surface area contributed by atoms with E-state index in [1.165, 1.54) is 0 Å². The largest absolute Gasteiger partial charge is 0.493 e. The van der Waals surface area contributed by atoms with Crippen LogP contribution in [0.15, 0.2) is 42.5 Å². The summed E-state index contributed by atoms with van der Waals surface area (Å²) < 4.78 is 10.9. The van der Waals surface area contributed by atoms with E-state index >= 15 is 0 Å². The van der Waals surface area contributed by atoms with Crippen LogP contribution in [0.5, 0.6) is 17.4 Å². The molecule has 2 N–H and O–H groups in total. The van der Waals surface area contributed by atoms with Gasteiger partial charge in [-0.1, -0.05) is 18.2 Å². The Morgan fingerprint density at radius 2 is 1.66 bits per heavy atom. The summed E-state index contributed by atoms with van der Waals surface area (Å²) in [6.45, 7) is 1.87. The zero-order valence-electron chi connectivity index (χ0n) is 16.9. The molecule has 0 atom stereocenters. The molecule has 0 amide bonds. The average molecular weight is 389 g/mol. The maximum absolute atomic E-state index is 10.7. The van der Waals surface area contributed by atoms with Gasteiger partial charge in [0.2, 0.25) is 5.88 Å². The van der Waals surface area contributed by atoms with Crippen molar-refractivity contribution in [3.8, 4) is 17.4 Å². The second kappa shape index (κ2) is 7.47. The molecule has 0 aliphatic rings. The van der Waals surface area contributed by atoms with Crippen LogP contribution >= 0.6 is 0 Å². The number of aromatic hydroxyl groups is 1. The molecule has 148 valence electrons. The number of para-hydroxylation sites is 1. The van der Waals surface area contributed by atoms with E-state index in [2.05, 4.69) is 16.4 Å². The summed E-state index contributed by atoms with van der Waals surface area (Å²) in [7, 11) is 5.05. The van der Waals surface area contributed by atoms with E-state index in [-0.39, 0.29) is 5.88 Å². The van der Waals surface area contributed by atoms with Gasteiger partial charge in [0.1, 0.15) is 5.82 Å². The molecule has 0 saturated heterocycles. The Labute approximate surface area is 169 Å². The van der Waals surface area contributed by atoms with Crippen molar-refractivity contribution in [2.75, 3.05) is 26.6 Å². The Morgan fingerprint density at radius 3 is 2.34 bits per heavy atom. The molecule has 4 aromatic rings. The number of hydrogen-bond donors (Lipinski definition) is 2. The van der Waals surface area contributed by atoms with Crippen LogP contribution in [0.4, 0.5) is 5.82 Å². The maximum Gasteiger partial charge on any atom is 0.215 e. The first kappa shape index (κ1) is 18.8. The zero-order valence-corrected chi connectivity index (χ0v) is 16.9. The van der Waals surface area contributed by atoms with Crippen molar-refractivity contribution in [2.24, 2.45) is 0 Å². The lowest BCUT2D eigenvalue weighted by Crippen LogP contribution is -2.03. The number of methoxy groups -OCH3 is 2. The number of aryl methyl sites for hydroxylation is 1. The highest BCUT2D eigenvalue weighted by Crippen LogP contribution is 2.38. The third-order valence-corrected chi connectivity index (χ3v) is 5.19. The summed E-state index contributed by atoms with van der Waals surface area (Å²) in [5.41, 5.74) is 3.35. The van der Waals surface area contributed by atoms with Gasteiger partial charge < -0.3 is 19.9 Å². The van der Waals surface area contributed by atoms with Crippen LogP contribution < -0.4 is 14.8 Å². The molecule has 0 aliphatic heterocycles. The summed E-state index contributed by atoms with van der Waals surface area (Å²) in [5, 5.41) is 16.7. The van der Waals surface area contributed by atoms with Crippen molar-refractivity contribution < 1.29 is 14.6 Å². The molecule has 4 rings (SSSR count). The summed E-state index contributed by atoms with van der Waals surface area (Å²) >= 11 is 0. The first-order chi connectivity index (χ1) is 14.0. The Morgan fingerprint density at radius 1 is 0.966 bits per heavy atom. The smallest absolute Gasteiger partial charge is 0.215 e. The molecule has 2 aromatic carbocycles. The highest BCUT2D eigenvalue weighted by atomic mass is 16.5. The van der Waals surface area contributed by atoms with Crippen LogP contribution in [0.2, 0.25) is 0 Å². The predicted octanol–water partition coefficient (Wildman–Crippen LogP) is 4.45. The molecule has 0 aliphatic carbocycles. The topological polar surface area (TPSA) is 76.5 Å². The third-order valence-electron chi connectivity index (χ3n) is 5.19. The van der Waals surface area contributed by atoms with Crippen molar-refractivity contribution in [1.29, 1.82) is 0 Å². The van der Waals surface area contributed by atoms with Gasteiger partial charge in [-0.05, 0) is 42.1 Å². The number of pyridine rings is 2. The van der Waals surface area contributed by atoms with Crippen LogP contribution in [-0.2, 0) is 6.42 Å². The van der Waals surface area contributed by atoms with Gasteiger partial charge in [-0.2, -0.15) is 0 Å². The molecular formula is C23H23N3O3. The minimum absolute atomic E-state index is 0.0115. The van der Waals surface area contributed by atoms with E-state index < -0.39 is 0 Å². The highest BCUT2D eigenvalue weighted by Gasteiger charge is 2.18. The lowest BCUT2D eigenvalue weighted by molar-refractivity contribution is 0.355. The van der Waals surface area contributed by atoms with E-state index in [0.717, 1.165) is 44.3 Å². The van der Waals surface area contributed by atoms with E-state index in [4.69, 9.17) is 14.5 Å². The molecule has 6 heteroatoms. The SMILES string of the molecule is CNc1nc2ccccc2cc1Cc1c(O)nc(C)c2cc(OC)c(OC)cc12. The number of aromatic nitrogens is 2. The molecule has 0 spiro atoms. The van der Waals surface area contributed by atoms with Gasteiger partial charge in [-0.3, -0.25) is 0 Å². The van der Waals surface area contributed by atoms with Crippen LogP contribution in [-0.4, -0.2) is 36.3 Å². The van der Waals surface area contributed by atoms with Crippen LogP contribution in [0.1, 0.15) is 16.8 Å². The Hall–Kier alpha value is -3.54. The first-order valence-corrected chi connectivity index (χ1v) is 9.36. The number of fused-ring (bicyclic) bond motifs is 2. The molecule has 2 aromatic heterocycles. The van der Waals surface area contributed by atoms with Gasteiger partial charge in [0.15, 0.2) is 11.5 Å². The number of rotatable bonds is 5. The van der Waals surface area contributed by atoms with Gasteiger partial charge in [-0.15, -0.1) is 0 Å². The summed E-state index contributed by atoms with van der Waals surface area (Å²) in [5.74, 6) is 2.02. The molecule has 0 radical (unpaired) electrons. The molecule has 0 fully saturated rings. The Balaban J connectivity index is 1.93. The number of benzene rings is 2. The van der Waals surface area contributed by atoms with E-state index in [1.807, 2.05) is 50.4 Å². The fourth-order valence-corrected chi connectivity index (χ4v) is 3.71. The quantitative estimate of drug-likeness (QED) is 0.525. The Bertz CT molecular complexity index is 1220. The summed E-state index contributed by atoms with van der Waals surface area (Å²) in [4.78, 5) is 9.09. The fraction of sp³-hybridized carbons (Fsp3) is 0.217. The normalized spacial score (nSPS) is 11.0. The average Bonchev–Trinajstić information content (AvgIpc) is 2.74. The predicted molar refractivity (Wildman–Crippen MR) is 115 cm³/mol. The van der Waals surface area contributed by atoms with Crippen LogP contribution in [0.3, 0.4) is 0 Å². The monoisotopic (exact) mass is 389 g/mol. The van der Waals surface area contributed by atoms with Crippen LogP contribution in [0, 0.1) is 6.92 Å². The summed E-state index contributed by atoms with van der Waals surface area (Å²) in [6, 6.07) is 13.9. The number of nitrogens with one attached hydrogen (secondary N) is 1. The van der Waals surface area contributed by atoms with E-state index in [0.29, 0.717) is 17.9 Å². The van der Waals surface area contributed by atoms with Crippen LogP contribution in [0.25, 0.3) is 21.7 Å². The fourth-order valence-electron chi connectivity index (χ4n) is 3.71. The molecule has 2 heterocycles. The van der Waals surface area contributed by atoms with Gasteiger partial charge in [-0.25, -0.2) is 9.97 Å².